The fourth-order valence-electron chi connectivity index (χ4n) is 2.36. The summed E-state index contributed by atoms with van der Waals surface area (Å²) in [4.78, 5) is 24.6. The van der Waals surface area contributed by atoms with Crippen LogP contribution in [-0.4, -0.2) is 34.6 Å². The van der Waals surface area contributed by atoms with E-state index in [9.17, 15) is 14.0 Å². The molecule has 1 aliphatic rings. The van der Waals surface area contributed by atoms with Crippen molar-refractivity contribution in [3.8, 4) is 6.07 Å². The highest BCUT2D eigenvalue weighted by Gasteiger charge is 2.32. The molecule has 0 radical (unpaired) electrons. The molecule has 0 aromatic heterocycles. The topological polar surface area (TPSA) is 93.4 Å². The maximum Gasteiger partial charge on any atom is 0.326 e. The van der Waals surface area contributed by atoms with E-state index >= 15 is 0 Å². The van der Waals surface area contributed by atoms with Crippen LogP contribution in [0.5, 0.6) is 0 Å². The van der Waals surface area contributed by atoms with Crippen molar-refractivity contribution in [1.82, 2.24) is 4.90 Å². The second kappa shape index (κ2) is 6.22. The van der Waals surface area contributed by atoms with Gasteiger partial charge in [0.2, 0.25) is 0 Å². The number of piperidine rings is 1. The maximum atomic E-state index is 13.5. The first-order valence-corrected chi connectivity index (χ1v) is 6.53. The van der Waals surface area contributed by atoms with Crippen LogP contribution >= 0.6 is 0 Å². The van der Waals surface area contributed by atoms with E-state index in [0.29, 0.717) is 19.4 Å². The number of halogens is 1. The molecule has 0 bridgehead atoms. The normalized spacial score (nSPS) is 17.9. The summed E-state index contributed by atoms with van der Waals surface area (Å²) in [6.45, 7) is 0.319. The molecule has 1 fully saturated rings. The van der Waals surface area contributed by atoms with Crippen LogP contribution in [0.3, 0.4) is 0 Å². The van der Waals surface area contributed by atoms with Gasteiger partial charge >= 0.3 is 12.0 Å². The van der Waals surface area contributed by atoms with E-state index < -0.39 is 23.9 Å². The minimum atomic E-state index is -1.07. The molecule has 1 heterocycles. The van der Waals surface area contributed by atoms with Gasteiger partial charge in [-0.05, 0) is 31.4 Å². The van der Waals surface area contributed by atoms with E-state index in [2.05, 4.69) is 5.32 Å². The van der Waals surface area contributed by atoms with Gasteiger partial charge in [0.15, 0.2) is 0 Å². The SMILES string of the molecule is N#Cc1c(F)cccc1NC(=O)N1CCCCC1C(=O)O. The number of benzene rings is 1. The zero-order valence-corrected chi connectivity index (χ0v) is 11.2. The molecule has 2 amide bonds. The van der Waals surface area contributed by atoms with Crippen molar-refractivity contribution in [3.05, 3.63) is 29.6 Å². The number of hydrogen-bond donors (Lipinski definition) is 2. The number of urea groups is 1. The van der Waals surface area contributed by atoms with Crippen LogP contribution in [0.25, 0.3) is 0 Å². The average molecular weight is 291 g/mol. The molecule has 1 atom stereocenters. The molecule has 1 aliphatic heterocycles. The van der Waals surface area contributed by atoms with E-state index in [4.69, 9.17) is 10.4 Å². The number of nitriles is 1. The monoisotopic (exact) mass is 291 g/mol. The van der Waals surface area contributed by atoms with Crippen molar-refractivity contribution >= 4 is 17.7 Å². The van der Waals surface area contributed by atoms with Crippen molar-refractivity contribution < 1.29 is 19.1 Å². The molecule has 1 unspecified atom stereocenters. The fraction of sp³-hybridized carbons (Fsp3) is 0.357. The van der Waals surface area contributed by atoms with E-state index in [1.165, 1.54) is 17.0 Å². The number of carbonyl (C=O) groups is 2. The molecule has 1 aromatic carbocycles. The van der Waals surface area contributed by atoms with Gasteiger partial charge in [-0.1, -0.05) is 6.07 Å². The molecule has 2 N–H and O–H groups in total. The van der Waals surface area contributed by atoms with Gasteiger partial charge in [0, 0.05) is 6.54 Å². The van der Waals surface area contributed by atoms with E-state index in [1.54, 1.807) is 6.07 Å². The van der Waals surface area contributed by atoms with Crippen molar-refractivity contribution in [2.24, 2.45) is 0 Å². The first-order chi connectivity index (χ1) is 10.0. The Bertz CT molecular complexity index is 612. The molecule has 7 heteroatoms. The first kappa shape index (κ1) is 14.8. The Labute approximate surface area is 120 Å². The standard InChI is InChI=1S/C14H14FN3O3/c15-10-4-3-5-11(9(10)8-16)17-14(21)18-7-2-1-6-12(18)13(19)20/h3-5,12H,1-2,6-7H2,(H,17,21)(H,19,20). The lowest BCUT2D eigenvalue weighted by Gasteiger charge is -2.32. The number of likely N-dealkylation sites (tertiary alicyclic amines) is 1. The Morgan fingerprint density at radius 1 is 1.43 bits per heavy atom. The van der Waals surface area contributed by atoms with Crippen LogP contribution in [0.15, 0.2) is 18.2 Å². The van der Waals surface area contributed by atoms with E-state index in [-0.39, 0.29) is 11.3 Å². The maximum absolute atomic E-state index is 13.5. The number of nitrogens with one attached hydrogen (secondary N) is 1. The van der Waals surface area contributed by atoms with Gasteiger partial charge in [-0.3, -0.25) is 0 Å². The zero-order valence-electron chi connectivity index (χ0n) is 11.2. The van der Waals surface area contributed by atoms with Gasteiger partial charge < -0.3 is 15.3 Å². The highest BCUT2D eigenvalue weighted by Crippen LogP contribution is 2.21. The highest BCUT2D eigenvalue weighted by molar-refractivity contribution is 5.93. The Morgan fingerprint density at radius 2 is 2.19 bits per heavy atom. The molecule has 110 valence electrons. The number of nitrogens with zero attached hydrogens (tertiary/aromatic N) is 2. The molecule has 1 aromatic rings. The smallest absolute Gasteiger partial charge is 0.326 e. The van der Waals surface area contributed by atoms with Crippen molar-refractivity contribution in [2.45, 2.75) is 25.3 Å². The van der Waals surface area contributed by atoms with Gasteiger partial charge in [-0.25, -0.2) is 14.0 Å². The summed E-state index contributed by atoms with van der Waals surface area (Å²) in [6, 6.07) is 4.05. The molecule has 0 saturated carbocycles. The zero-order chi connectivity index (χ0) is 15.4. The van der Waals surface area contributed by atoms with Crippen LogP contribution in [0.2, 0.25) is 0 Å². The first-order valence-electron chi connectivity index (χ1n) is 6.53. The summed E-state index contributed by atoms with van der Waals surface area (Å²) in [5, 5.41) is 20.5. The van der Waals surface area contributed by atoms with E-state index in [1.807, 2.05) is 0 Å². The van der Waals surface area contributed by atoms with Gasteiger partial charge in [0.05, 0.1) is 5.69 Å². The van der Waals surface area contributed by atoms with Crippen molar-refractivity contribution in [3.63, 3.8) is 0 Å². The number of amides is 2. The van der Waals surface area contributed by atoms with E-state index in [0.717, 1.165) is 12.5 Å². The lowest BCUT2D eigenvalue weighted by Crippen LogP contribution is -2.49. The largest absolute Gasteiger partial charge is 0.480 e. The third-order valence-electron chi connectivity index (χ3n) is 3.42. The molecule has 0 spiro atoms. The fourth-order valence-corrected chi connectivity index (χ4v) is 2.36. The molecule has 6 nitrogen and oxygen atoms in total. The van der Waals surface area contributed by atoms with Crippen molar-refractivity contribution in [2.75, 3.05) is 11.9 Å². The summed E-state index contributed by atoms with van der Waals surface area (Å²) in [5.41, 5.74) is -0.230. The summed E-state index contributed by atoms with van der Waals surface area (Å²) in [6.07, 6.45) is 1.84. The van der Waals surface area contributed by atoms with Crippen LogP contribution < -0.4 is 5.32 Å². The molecule has 1 saturated heterocycles. The van der Waals surface area contributed by atoms with Gasteiger partial charge in [-0.15, -0.1) is 0 Å². The average Bonchev–Trinajstić information content (AvgIpc) is 2.47. The second-order valence-electron chi connectivity index (χ2n) is 4.75. The summed E-state index contributed by atoms with van der Waals surface area (Å²) >= 11 is 0. The minimum absolute atomic E-state index is 0.0391. The predicted molar refractivity (Wildman–Crippen MR) is 72.1 cm³/mol. The van der Waals surface area contributed by atoms with Gasteiger partial charge in [0.1, 0.15) is 23.5 Å². The Balaban J connectivity index is 2.20. The number of carbonyl (C=O) groups excluding carboxylic acids is 1. The van der Waals surface area contributed by atoms with Crippen LogP contribution in [0, 0.1) is 17.1 Å². The van der Waals surface area contributed by atoms with Crippen molar-refractivity contribution in [1.29, 1.82) is 5.26 Å². The molecular weight excluding hydrogens is 277 g/mol. The number of carboxylic acids is 1. The molecular formula is C14H14FN3O3. The third kappa shape index (κ3) is 3.11. The number of aliphatic carboxylic acids is 1. The van der Waals surface area contributed by atoms with Crippen LogP contribution in [0.1, 0.15) is 24.8 Å². The summed E-state index contributed by atoms with van der Waals surface area (Å²) < 4.78 is 13.5. The molecule has 0 aliphatic carbocycles. The van der Waals surface area contributed by atoms with Crippen LogP contribution in [0.4, 0.5) is 14.9 Å². The Hall–Kier alpha value is -2.62. The second-order valence-corrected chi connectivity index (χ2v) is 4.75. The summed E-state index contributed by atoms with van der Waals surface area (Å²) in [5.74, 6) is -1.80. The third-order valence-corrected chi connectivity index (χ3v) is 3.42. The van der Waals surface area contributed by atoms with Crippen LogP contribution in [-0.2, 0) is 4.79 Å². The summed E-state index contributed by atoms with van der Waals surface area (Å²) in [7, 11) is 0. The lowest BCUT2D eigenvalue weighted by atomic mass is 10.0. The highest BCUT2D eigenvalue weighted by atomic mass is 19.1. The predicted octanol–water partition coefficient (Wildman–Crippen LogP) is 2.17. The van der Waals surface area contributed by atoms with Gasteiger partial charge in [0.25, 0.3) is 0 Å². The quantitative estimate of drug-likeness (QED) is 0.873. The number of carboxylic acid groups (broad SMARTS) is 1. The number of anilines is 1. The number of rotatable bonds is 2. The minimum Gasteiger partial charge on any atom is -0.480 e. The molecule has 2 rings (SSSR count). The number of hydrogen-bond acceptors (Lipinski definition) is 3. The van der Waals surface area contributed by atoms with Gasteiger partial charge in [-0.2, -0.15) is 5.26 Å². The Morgan fingerprint density at radius 3 is 2.86 bits per heavy atom. The molecule has 21 heavy (non-hydrogen) atoms. The lowest BCUT2D eigenvalue weighted by molar-refractivity contribution is -0.143. The Kier molecular flexibility index (Phi) is 4.38.